The molecule has 0 unspecified atom stereocenters. The Labute approximate surface area is 156 Å². The van der Waals surface area contributed by atoms with Gasteiger partial charge >= 0.3 is 0 Å². The summed E-state index contributed by atoms with van der Waals surface area (Å²) in [5.41, 5.74) is 3.01. The number of benzene rings is 1. The van der Waals surface area contributed by atoms with Gasteiger partial charge in [-0.2, -0.15) is 4.98 Å². The van der Waals surface area contributed by atoms with Crippen LogP contribution in [0.1, 0.15) is 29.7 Å². The Morgan fingerprint density at radius 2 is 2.08 bits per heavy atom. The first kappa shape index (κ1) is 16.7. The average molecular weight is 364 g/mol. The van der Waals surface area contributed by atoms with Crippen molar-refractivity contribution in [3.05, 3.63) is 58.1 Å². The monoisotopic (exact) mass is 364 g/mol. The Hall–Kier alpha value is -2.73. The molecule has 4 aromatic rings. The number of nitrogens with zero attached hydrogens (tertiary/aromatic N) is 3. The van der Waals surface area contributed by atoms with Gasteiger partial charge in [-0.1, -0.05) is 30.3 Å². The highest BCUT2D eigenvalue weighted by Crippen LogP contribution is 2.29. The van der Waals surface area contributed by atoms with E-state index in [0.717, 1.165) is 35.1 Å². The molecule has 0 spiro atoms. The lowest BCUT2D eigenvalue weighted by atomic mass is 10.1. The van der Waals surface area contributed by atoms with Crippen LogP contribution < -0.4 is 5.32 Å². The first-order chi connectivity index (χ1) is 12.7. The topological polar surface area (TPSA) is 63.8 Å². The largest absolute Gasteiger partial charge is 0.365 e. The second kappa shape index (κ2) is 7.25. The first-order valence-corrected chi connectivity index (χ1v) is 9.61. The molecule has 0 aliphatic carbocycles. The highest BCUT2D eigenvalue weighted by atomic mass is 32.1. The van der Waals surface area contributed by atoms with Crippen molar-refractivity contribution in [1.29, 1.82) is 0 Å². The Balaban J connectivity index is 1.76. The van der Waals surface area contributed by atoms with Crippen LogP contribution >= 0.6 is 11.3 Å². The van der Waals surface area contributed by atoms with Crippen LogP contribution in [0.2, 0.25) is 0 Å². The van der Waals surface area contributed by atoms with Gasteiger partial charge in [0.1, 0.15) is 5.82 Å². The molecule has 0 atom stereocenters. The standard InChI is InChI=1S/C20H20N4OS/c1-3-5-18-23-20(24-25-18)16-11-14-8-7-13(2)10-17(14)22-19(16)21-12-15-6-4-9-26-15/h4,6-11H,3,5,12H2,1-2H3,(H,21,22). The van der Waals surface area contributed by atoms with Crippen LogP contribution in [-0.4, -0.2) is 15.1 Å². The van der Waals surface area contributed by atoms with Crippen LogP contribution in [0.25, 0.3) is 22.3 Å². The van der Waals surface area contributed by atoms with Crippen LogP contribution in [0.4, 0.5) is 5.82 Å². The summed E-state index contributed by atoms with van der Waals surface area (Å²) in [4.78, 5) is 10.6. The number of aryl methyl sites for hydroxylation is 2. The highest BCUT2D eigenvalue weighted by molar-refractivity contribution is 7.09. The van der Waals surface area contributed by atoms with Gasteiger partial charge in [0.25, 0.3) is 0 Å². The van der Waals surface area contributed by atoms with E-state index in [9.17, 15) is 0 Å². The van der Waals surface area contributed by atoms with Crippen molar-refractivity contribution in [2.24, 2.45) is 0 Å². The van der Waals surface area contributed by atoms with Crippen molar-refractivity contribution in [3.63, 3.8) is 0 Å². The predicted octanol–water partition coefficient (Wildman–Crippen LogP) is 5.22. The van der Waals surface area contributed by atoms with E-state index in [2.05, 4.69) is 71.1 Å². The number of thiophene rings is 1. The number of hydrogen-bond donors (Lipinski definition) is 1. The number of pyridine rings is 1. The van der Waals surface area contributed by atoms with Gasteiger partial charge in [0.15, 0.2) is 0 Å². The average Bonchev–Trinajstić information content (AvgIpc) is 3.31. The number of aromatic nitrogens is 3. The summed E-state index contributed by atoms with van der Waals surface area (Å²) in [7, 11) is 0. The minimum atomic E-state index is 0.581. The zero-order chi connectivity index (χ0) is 17.9. The molecule has 0 aliphatic heterocycles. The summed E-state index contributed by atoms with van der Waals surface area (Å²) < 4.78 is 5.38. The molecule has 0 aliphatic rings. The molecule has 1 aromatic carbocycles. The Bertz CT molecular complexity index is 1020. The molecule has 26 heavy (non-hydrogen) atoms. The Morgan fingerprint density at radius 1 is 1.15 bits per heavy atom. The fourth-order valence-electron chi connectivity index (χ4n) is 2.85. The lowest BCUT2D eigenvalue weighted by Crippen LogP contribution is -2.03. The molecule has 0 fully saturated rings. The molecule has 1 N–H and O–H groups in total. The maximum atomic E-state index is 5.38. The Morgan fingerprint density at radius 3 is 2.88 bits per heavy atom. The highest BCUT2D eigenvalue weighted by Gasteiger charge is 2.15. The van der Waals surface area contributed by atoms with Crippen LogP contribution in [0.15, 0.2) is 46.3 Å². The van der Waals surface area contributed by atoms with Crippen LogP contribution in [-0.2, 0) is 13.0 Å². The summed E-state index contributed by atoms with van der Waals surface area (Å²) in [5.74, 6) is 2.02. The quantitative estimate of drug-likeness (QED) is 0.508. The third kappa shape index (κ3) is 3.46. The maximum absolute atomic E-state index is 5.38. The predicted molar refractivity (Wildman–Crippen MR) is 105 cm³/mol. The van der Waals surface area contributed by atoms with E-state index in [1.807, 2.05) is 0 Å². The molecular weight excluding hydrogens is 344 g/mol. The number of anilines is 1. The van der Waals surface area contributed by atoms with Gasteiger partial charge in [-0.15, -0.1) is 11.3 Å². The molecule has 0 bridgehead atoms. The van der Waals surface area contributed by atoms with Crippen molar-refractivity contribution < 1.29 is 4.52 Å². The summed E-state index contributed by atoms with van der Waals surface area (Å²) in [6, 6.07) is 12.5. The van der Waals surface area contributed by atoms with Gasteiger partial charge < -0.3 is 9.84 Å². The minimum Gasteiger partial charge on any atom is -0.365 e. The smallest absolute Gasteiger partial charge is 0.226 e. The van der Waals surface area contributed by atoms with Gasteiger partial charge in [0.05, 0.1) is 17.6 Å². The van der Waals surface area contributed by atoms with Gasteiger partial charge in [0.2, 0.25) is 11.7 Å². The lowest BCUT2D eigenvalue weighted by molar-refractivity contribution is 0.378. The van der Waals surface area contributed by atoms with Gasteiger partial charge in [0, 0.05) is 16.7 Å². The molecule has 132 valence electrons. The molecule has 6 heteroatoms. The number of rotatable bonds is 6. The van der Waals surface area contributed by atoms with E-state index >= 15 is 0 Å². The van der Waals surface area contributed by atoms with E-state index in [1.54, 1.807) is 11.3 Å². The normalized spacial score (nSPS) is 11.2. The van der Waals surface area contributed by atoms with E-state index in [1.165, 1.54) is 10.4 Å². The van der Waals surface area contributed by atoms with Crippen molar-refractivity contribution in [1.82, 2.24) is 15.1 Å². The van der Waals surface area contributed by atoms with Crippen LogP contribution in [0.5, 0.6) is 0 Å². The summed E-state index contributed by atoms with van der Waals surface area (Å²) in [6.45, 7) is 4.89. The molecule has 5 nitrogen and oxygen atoms in total. The third-order valence-corrected chi connectivity index (χ3v) is 5.03. The van der Waals surface area contributed by atoms with Crippen LogP contribution in [0, 0.1) is 6.92 Å². The molecule has 3 heterocycles. The van der Waals surface area contributed by atoms with Gasteiger partial charge in [-0.25, -0.2) is 4.98 Å². The number of fused-ring (bicyclic) bond motifs is 1. The second-order valence-electron chi connectivity index (χ2n) is 6.28. The SMILES string of the molecule is CCCc1nc(-c2cc3ccc(C)cc3nc2NCc2cccs2)no1. The van der Waals surface area contributed by atoms with Crippen molar-refractivity contribution in [3.8, 4) is 11.4 Å². The van der Waals surface area contributed by atoms with E-state index in [0.29, 0.717) is 18.3 Å². The molecule has 0 amide bonds. The summed E-state index contributed by atoms with van der Waals surface area (Å²) >= 11 is 1.72. The molecular formula is C20H20N4OS. The zero-order valence-corrected chi connectivity index (χ0v) is 15.6. The fourth-order valence-corrected chi connectivity index (χ4v) is 3.49. The van der Waals surface area contributed by atoms with Gasteiger partial charge in [-0.3, -0.25) is 0 Å². The minimum absolute atomic E-state index is 0.581. The van der Waals surface area contributed by atoms with E-state index < -0.39 is 0 Å². The number of nitrogens with one attached hydrogen (secondary N) is 1. The molecule has 0 radical (unpaired) electrons. The van der Waals surface area contributed by atoms with Crippen LogP contribution in [0.3, 0.4) is 0 Å². The van der Waals surface area contributed by atoms with Crippen molar-refractivity contribution in [2.45, 2.75) is 33.2 Å². The summed E-state index contributed by atoms with van der Waals surface area (Å²) in [5, 5.41) is 10.8. The second-order valence-corrected chi connectivity index (χ2v) is 7.31. The van der Waals surface area contributed by atoms with E-state index in [-0.39, 0.29) is 0 Å². The van der Waals surface area contributed by atoms with E-state index in [4.69, 9.17) is 9.51 Å². The molecule has 4 rings (SSSR count). The van der Waals surface area contributed by atoms with Crippen molar-refractivity contribution >= 4 is 28.1 Å². The summed E-state index contributed by atoms with van der Waals surface area (Å²) in [6.07, 6.45) is 1.76. The number of hydrogen-bond acceptors (Lipinski definition) is 6. The molecule has 0 saturated carbocycles. The molecule has 3 aromatic heterocycles. The molecule has 0 saturated heterocycles. The fraction of sp³-hybridized carbons (Fsp3) is 0.250. The maximum Gasteiger partial charge on any atom is 0.226 e. The first-order valence-electron chi connectivity index (χ1n) is 8.73. The third-order valence-electron chi connectivity index (χ3n) is 4.16. The van der Waals surface area contributed by atoms with Gasteiger partial charge in [-0.05, 0) is 42.5 Å². The Kier molecular flexibility index (Phi) is 4.67. The lowest BCUT2D eigenvalue weighted by Gasteiger charge is -2.10. The van der Waals surface area contributed by atoms with Crippen molar-refractivity contribution in [2.75, 3.05) is 5.32 Å². The zero-order valence-electron chi connectivity index (χ0n) is 14.8.